The smallest absolute Gasteiger partial charge is 0.00478 e. The van der Waals surface area contributed by atoms with Crippen LogP contribution < -0.4 is 0 Å². The summed E-state index contributed by atoms with van der Waals surface area (Å²) in [6, 6.07) is 4.35. The van der Waals surface area contributed by atoms with Gasteiger partial charge in [0.15, 0.2) is 0 Å². The second-order valence-electron chi connectivity index (χ2n) is 2.80. The molecule has 10 heavy (non-hydrogen) atoms. The Morgan fingerprint density at radius 1 is 1.60 bits per heavy atom. The Morgan fingerprint density at radius 3 is 2.90 bits per heavy atom. The zero-order chi connectivity index (χ0) is 7.40. The van der Waals surface area contributed by atoms with Gasteiger partial charge in [-0.1, -0.05) is 26.3 Å². The summed E-state index contributed by atoms with van der Waals surface area (Å²) >= 11 is 1.87. The predicted octanol–water partition coefficient (Wildman–Crippen LogP) is 3.34. The van der Waals surface area contributed by atoms with E-state index >= 15 is 0 Å². The SMILES string of the molecule is CCC(C)Cc1cccs1. The Kier molecular flexibility index (Phi) is 2.94. The fourth-order valence-corrected chi connectivity index (χ4v) is 1.79. The van der Waals surface area contributed by atoms with Crippen LogP contribution in [0, 0.1) is 5.92 Å². The molecule has 1 atom stereocenters. The van der Waals surface area contributed by atoms with Gasteiger partial charge in [0.25, 0.3) is 0 Å². The minimum atomic E-state index is 0.846. The maximum absolute atomic E-state index is 2.31. The number of rotatable bonds is 3. The molecule has 0 amide bonds. The van der Waals surface area contributed by atoms with Crippen molar-refractivity contribution in [2.75, 3.05) is 0 Å². The Morgan fingerprint density at radius 2 is 2.40 bits per heavy atom. The van der Waals surface area contributed by atoms with Crippen LogP contribution in [0.25, 0.3) is 0 Å². The average Bonchev–Trinajstić information content (AvgIpc) is 2.40. The van der Waals surface area contributed by atoms with Gasteiger partial charge < -0.3 is 0 Å². The summed E-state index contributed by atoms with van der Waals surface area (Å²) in [6.07, 6.45) is 2.55. The molecule has 1 rings (SSSR count). The first-order chi connectivity index (χ1) is 4.83. The van der Waals surface area contributed by atoms with Crippen LogP contribution >= 0.6 is 11.3 Å². The van der Waals surface area contributed by atoms with Crippen LogP contribution in [0.15, 0.2) is 17.5 Å². The molecule has 0 nitrogen and oxygen atoms in total. The van der Waals surface area contributed by atoms with E-state index in [9.17, 15) is 0 Å². The highest BCUT2D eigenvalue weighted by molar-refractivity contribution is 7.09. The molecule has 0 spiro atoms. The monoisotopic (exact) mass is 154 g/mol. The second kappa shape index (κ2) is 3.77. The van der Waals surface area contributed by atoms with Crippen molar-refractivity contribution in [3.63, 3.8) is 0 Å². The Balaban J connectivity index is 2.40. The van der Waals surface area contributed by atoms with Crippen molar-refractivity contribution in [2.24, 2.45) is 5.92 Å². The zero-order valence-corrected chi connectivity index (χ0v) is 7.45. The quantitative estimate of drug-likeness (QED) is 0.626. The third-order valence-electron chi connectivity index (χ3n) is 1.83. The van der Waals surface area contributed by atoms with Gasteiger partial charge in [0.05, 0.1) is 0 Å². The van der Waals surface area contributed by atoms with Gasteiger partial charge in [-0.25, -0.2) is 0 Å². The largest absolute Gasteiger partial charge is 0.149 e. The molecule has 0 aliphatic heterocycles. The van der Waals surface area contributed by atoms with Crippen LogP contribution in [-0.4, -0.2) is 0 Å². The lowest BCUT2D eigenvalue weighted by Crippen LogP contribution is -1.94. The minimum Gasteiger partial charge on any atom is -0.149 e. The van der Waals surface area contributed by atoms with E-state index in [1.54, 1.807) is 0 Å². The predicted molar refractivity (Wildman–Crippen MR) is 47.5 cm³/mol. The van der Waals surface area contributed by atoms with Crippen LogP contribution in [0.3, 0.4) is 0 Å². The fourth-order valence-electron chi connectivity index (χ4n) is 0.917. The van der Waals surface area contributed by atoms with E-state index < -0.39 is 0 Å². The van der Waals surface area contributed by atoms with E-state index in [4.69, 9.17) is 0 Å². The van der Waals surface area contributed by atoms with Gasteiger partial charge in [-0.15, -0.1) is 11.3 Å². The molecule has 0 aliphatic rings. The van der Waals surface area contributed by atoms with Crippen molar-refractivity contribution in [3.8, 4) is 0 Å². The van der Waals surface area contributed by atoms with Crippen LogP contribution in [0.5, 0.6) is 0 Å². The highest BCUT2D eigenvalue weighted by atomic mass is 32.1. The van der Waals surface area contributed by atoms with Gasteiger partial charge in [-0.2, -0.15) is 0 Å². The minimum absolute atomic E-state index is 0.846. The van der Waals surface area contributed by atoms with E-state index in [0.29, 0.717) is 0 Å². The number of thiophene rings is 1. The van der Waals surface area contributed by atoms with Crippen molar-refractivity contribution < 1.29 is 0 Å². The highest BCUT2D eigenvalue weighted by Crippen LogP contribution is 2.15. The summed E-state index contributed by atoms with van der Waals surface area (Å²) in [6.45, 7) is 4.55. The molecule has 56 valence electrons. The van der Waals surface area contributed by atoms with Gasteiger partial charge in [0, 0.05) is 4.88 Å². The van der Waals surface area contributed by atoms with Crippen LogP contribution in [0.1, 0.15) is 25.1 Å². The molecule has 0 saturated heterocycles. The van der Waals surface area contributed by atoms with Crippen molar-refractivity contribution >= 4 is 11.3 Å². The van der Waals surface area contributed by atoms with E-state index in [-0.39, 0.29) is 0 Å². The third kappa shape index (κ3) is 2.14. The summed E-state index contributed by atoms with van der Waals surface area (Å²) < 4.78 is 0. The van der Waals surface area contributed by atoms with Gasteiger partial charge >= 0.3 is 0 Å². The Bertz CT molecular complexity index is 165. The van der Waals surface area contributed by atoms with E-state index in [1.807, 2.05) is 11.3 Å². The first-order valence-corrected chi connectivity index (χ1v) is 4.73. The third-order valence-corrected chi connectivity index (χ3v) is 2.73. The molecule has 1 aromatic heterocycles. The van der Waals surface area contributed by atoms with Crippen molar-refractivity contribution in [1.29, 1.82) is 0 Å². The number of hydrogen-bond donors (Lipinski definition) is 0. The maximum atomic E-state index is 2.31. The van der Waals surface area contributed by atoms with Crippen molar-refractivity contribution in [1.82, 2.24) is 0 Å². The molecule has 1 heteroatoms. The summed E-state index contributed by atoms with van der Waals surface area (Å²) in [5, 5.41) is 2.15. The second-order valence-corrected chi connectivity index (χ2v) is 3.83. The summed E-state index contributed by atoms with van der Waals surface area (Å²) in [5.74, 6) is 0.846. The lowest BCUT2D eigenvalue weighted by atomic mass is 10.0. The van der Waals surface area contributed by atoms with E-state index in [0.717, 1.165) is 5.92 Å². The summed E-state index contributed by atoms with van der Waals surface area (Å²) in [7, 11) is 0. The van der Waals surface area contributed by atoms with Gasteiger partial charge in [-0.3, -0.25) is 0 Å². The Labute approximate surface area is 66.9 Å². The summed E-state index contributed by atoms with van der Waals surface area (Å²) in [4.78, 5) is 1.52. The first-order valence-electron chi connectivity index (χ1n) is 3.85. The van der Waals surface area contributed by atoms with Gasteiger partial charge in [0.2, 0.25) is 0 Å². The van der Waals surface area contributed by atoms with E-state index in [1.165, 1.54) is 17.7 Å². The maximum Gasteiger partial charge on any atom is 0.00478 e. The molecule has 1 aromatic rings. The van der Waals surface area contributed by atoms with Crippen LogP contribution in [-0.2, 0) is 6.42 Å². The highest BCUT2D eigenvalue weighted by Gasteiger charge is 2.00. The molecular weight excluding hydrogens is 140 g/mol. The fraction of sp³-hybridized carbons (Fsp3) is 0.556. The molecule has 0 radical (unpaired) electrons. The number of hydrogen-bond acceptors (Lipinski definition) is 1. The van der Waals surface area contributed by atoms with Crippen molar-refractivity contribution in [2.45, 2.75) is 26.7 Å². The molecule has 0 N–H and O–H groups in total. The molecule has 0 saturated carbocycles. The lowest BCUT2D eigenvalue weighted by Gasteiger charge is -2.04. The van der Waals surface area contributed by atoms with Crippen molar-refractivity contribution in [3.05, 3.63) is 22.4 Å². The molecule has 1 unspecified atom stereocenters. The lowest BCUT2D eigenvalue weighted by molar-refractivity contribution is 0.565. The average molecular weight is 154 g/mol. The summed E-state index contributed by atoms with van der Waals surface area (Å²) in [5.41, 5.74) is 0. The Hall–Kier alpha value is -0.300. The molecule has 0 bridgehead atoms. The molecular formula is C9H14S. The van der Waals surface area contributed by atoms with E-state index in [2.05, 4.69) is 31.4 Å². The first kappa shape index (κ1) is 7.80. The standard InChI is InChI=1S/C9H14S/c1-3-8(2)7-9-5-4-6-10-9/h4-6,8H,3,7H2,1-2H3. The van der Waals surface area contributed by atoms with Gasteiger partial charge in [-0.05, 0) is 23.8 Å². The van der Waals surface area contributed by atoms with Crippen LogP contribution in [0.4, 0.5) is 0 Å². The molecule has 0 aromatic carbocycles. The molecule has 1 heterocycles. The van der Waals surface area contributed by atoms with Crippen LogP contribution in [0.2, 0.25) is 0 Å². The molecule has 0 fully saturated rings. The molecule has 0 aliphatic carbocycles. The topological polar surface area (TPSA) is 0 Å². The normalized spacial score (nSPS) is 13.4. The zero-order valence-electron chi connectivity index (χ0n) is 6.63. The van der Waals surface area contributed by atoms with Gasteiger partial charge in [0.1, 0.15) is 0 Å².